The van der Waals surface area contributed by atoms with E-state index in [0.29, 0.717) is 0 Å². The number of nitriles is 1. The lowest BCUT2D eigenvalue weighted by molar-refractivity contribution is -0.125. The van der Waals surface area contributed by atoms with Crippen LogP contribution in [0.1, 0.15) is 34.1 Å². The van der Waals surface area contributed by atoms with Gasteiger partial charge in [0.05, 0.1) is 6.07 Å². The fourth-order valence-corrected chi connectivity index (χ4v) is 1.71. The number of amides is 1. The number of carbonyl (C=O) groups is 2. The van der Waals surface area contributed by atoms with Gasteiger partial charge in [-0.25, -0.2) is 4.79 Å². The summed E-state index contributed by atoms with van der Waals surface area (Å²) in [5, 5.41) is 8.83. The molecule has 0 N–H and O–H groups in total. The van der Waals surface area contributed by atoms with Gasteiger partial charge in [0, 0.05) is 19.0 Å². The Hall–Kier alpha value is -1.57. The van der Waals surface area contributed by atoms with E-state index in [-0.39, 0.29) is 24.8 Å². The van der Waals surface area contributed by atoms with Crippen LogP contribution in [-0.2, 0) is 9.53 Å². The van der Waals surface area contributed by atoms with Crippen LogP contribution in [-0.4, -0.2) is 35.0 Å². The highest BCUT2D eigenvalue weighted by molar-refractivity contribution is 5.86. The first kappa shape index (κ1) is 13.5. The molecule has 0 spiro atoms. The average molecular weight is 238 g/mol. The molecule has 0 saturated carbocycles. The van der Waals surface area contributed by atoms with Gasteiger partial charge in [0.25, 0.3) is 0 Å². The van der Waals surface area contributed by atoms with Crippen LogP contribution >= 0.6 is 0 Å². The molecular weight excluding hydrogens is 220 g/mol. The number of hydrogen-bond acceptors (Lipinski definition) is 4. The summed E-state index contributed by atoms with van der Waals surface area (Å²) in [7, 11) is 0. The van der Waals surface area contributed by atoms with Crippen molar-refractivity contribution in [3.63, 3.8) is 0 Å². The van der Waals surface area contributed by atoms with Gasteiger partial charge in [0.1, 0.15) is 11.5 Å². The van der Waals surface area contributed by atoms with E-state index in [1.54, 1.807) is 27.7 Å². The van der Waals surface area contributed by atoms with Crippen molar-refractivity contribution in [2.75, 3.05) is 6.54 Å². The minimum absolute atomic E-state index is 0.0974. The van der Waals surface area contributed by atoms with Crippen LogP contribution < -0.4 is 0 Å². The molecule has 0 aromatic rings. The molecule has 1 saturated heterocycles. The lowest BCUT2D eigenvalue weighted by Crippen LogP contribution is -2.50. The Kier molecular flexibility index (Phi) is 3.76. The topological polar surface area (TPSA) is 70.4 Å². The molecule has 0 aromatic heterocycles. The normalized spacial score (nSPS) is 25.4. The number of nitrogens with zero attached hydrogens (tertiary/aromatic N) is 2. The van der Waals surface area contributed by atoms with Gasteiger partial charge in [0.2, 0.25) is 0 Å². The summed E-state index contributed by atoms with van der Waals surface area (Å²) in [6.07, 6.45) is -0.241. The molecule has 1 heterocycles. The molecule has 5 nitrogen and oxygen atoms in total. The Balaban J connectivity index is 2.74. The Labute approximate surface area is 101 Å². The van der Waals surface area contributed by atoms with Gasteiger partial charge in [0.15, 0.2) is 5.78 Å². The van der Waals surface area contributed by atoms with Crippen molar-refractivity contribution < 1.29 is 14.3 Å². The third-order valence-electron chi connectivity index (χ3n) is 2.58. The first-order valence-electron chi connectivity index (χ1n) is 5.66. The molecule has 0 radical (unpaired) electrons. The number of ether oxygens (including phenoxy) is 1. The van der Waals surface area contributed by atoms with Crippen LogP contribution in [0.3, 0.4) is 0 Å². The summed E-state index contributed by atoms with van der Waals surface area (Å²) >= 11 is 0. The molecule has 0 aliphatic carbocycles. The molecule has 2 atom stereocenters. The maximum Gasteiger partial charge on any atom is 0.410 e. The van der Waals surface area contributed by atoms with Gasteiger partial charge in [-0.05, 0) is 27.7 Å². The van der Waals surface area contributed by atoms with Crippen molar-refractivity contribution in [1.29, 1.82) is 5.26 Å². The third-order valence-corrected chi connectivity index (χ3v) is 2.58. The molecular formula is C12H18N2O3. The van der Waals surface area contributed by atoms with Crippen LogP contribution in [0.25, 0.3) is 0 Å². The number of rotatable bonds is 0. The highest BCUT2D eigenvalue weighted by Gasteiger charge is 2.36. The molecule has 1 aliphatic rings. The van der Waals surface area contributed by atoms with E-state index < -0.39 is 17.6 Å². The first-order chi connectivity index (χ1) is 7.74. The SMILES string of the molecule is C[C@H]1CC(=O)[C@H](C#N)CN1C(=O)OC(C)(C)C. The molecule has 17 heavy (non-hydrogen) atoms. The molecule has 1 amide bonds. The van der Waals surface area contributed by atoms with Gasteiger partial charge >= 0.3 is 6.09 Å². The van der Waals surface area contributed by atoms with Gasteiger partial charge < -0.3 is 9.64 Å². The highest BCUT2D eigenvalue weighted by atomic mass is 16.6. The largest absolute Gasteiger partial charge is 0.444 e. The van der Waals surface area contributed by atoms with E-state index in [2.05, 4.69) is 0 Å². The zero-order valence-corrected chi connectivity index (χ0v) is 10.7. The van der Waals surface area contributed by atoms with Crippen LogP contribution in [0.15, 0.2) is 0 Å². The van der Waals surface area contributed by atoms with Crippen molar-refractivity contribution >= 4 is 11.9 Å². The van der Waals surface area contributed by atoms with Crippen LogP contribution in [0.2, 0.25) is 0 Å². The second-order valence-corrected chi connectivity index (χ2v) is 5.33. The van der Waals surface area contributed by atoms with E-state index in [1.807, 2.05) is 6.07 Å². The van der Waals surface area contributed by atoms with Crippen LogP contribution in [0.4, 0.5) is 4.79 Å². The maximum atomic E-state index is 11.9. The van der Waals surface area contributed by atoms with Crippen molar-refractivity contribution in [1.82, 2.24) is 4.90 Å². The minimum Gasteiger partial charge on any atom is -0.444 e. The number of likely N-dealkylation sites (tertiary alicyclic amines) is 1. The van der Waals surface area contributed by atoms with E-state index >= 15 is 0 Å². The molecule has 1 aliphatic heterocycles. The van der Waals surface area contributed by atoms with Crippen molar-refractivity contribution in [2.45, 2.75) is 45.8 Å². The zero-order chi connectivity index (χ0) is 13.2. The van der Waals surface area contributed by atoms with E-state index in [4.69, 9.17) is 10.00 Å². The lowest BCUT2D eigenvalue weighted by Gasteiger charge is -2.35. The van der Waals surface area contributed by atoms with E-state index in [9.17, 15) is 9.59 Å². The van der Waals surface area contributed by atoms with Crippen LogP contribution in [0, 0.1) is 17.2 Å². The minimum atomic E-state index is -0.723. The maximum absolute atomic E-state index is 11.9. The van der Waals surface area contributed by atoms with Crippen molar-refractivity contribution in [3.8, 4) is 6.07 Å². The molecule has 0 bridgehead atoms. The summed E-state index contributed by atoms with van der Waals surface area (Å²) < 4.78 is 5.24. The van der Waals surface area contributed by atoms with Crippen LogP contribution in [0.5, 0.6) is 0 Å². The average Bonchev–Trinajstić information content (AvgIpc) is 2.14. The Morgan fingerprint density at radius 2 is 2.12 bits per heavy atom. The zero-order valence-electron chi connectivity index (χ0n) is 10.7. The van der Waals surface area contributed by atoms with Crippen molar-refractivity contribution in [2.24, 2.45) is 5.92 Å². The molecule has 1 fully saturated rings. The smallest absolute Gasteiger partial charge is 0.410 e. The summed E-state index contributed by atoms with van der Waals surface area (Å²) in [4.78, 5) is 24.8. The predicted molar refractivity (Wildman–Crippen MR) is 61.1 cm³/mol. The number of hydrogen-bond donors (Lipinski definition) is 0. The van der Waals surface area contributed by atoms with E-state index in [0.717, 1.165) is 0 Å². The number of ketones is 1. The van der Waals surface area contributed by atoms with E-state index in [1.165, 1.54) is 4.90 Å². The molecule has 94 valence electrons. The second kappa shape index (κ2) is 4.74. The van der Waals surface area contributed by atoms with Gasteiger partial charge in [-0.3, -0.25) is 4.79 Å². The molecule has 0 unspecified atom stereocenters. The first-order valence-corrected chi connectivity index (χ1v) is 5.66. The Morgan fingerprint density at radius 1 is 1.53 bits per heavy atom. The Bertz CT molecular complexity index is 365. The number of Topliss-reactive ketones (excluding diaryl/α,β-unsaturated/α-hetero) is 1. The van der Waals surface area contributed by atoms with Gasteiger partial charge in [-0.15, -0.1) is 0 Å². The number of piperidine rings is 1. The second-order valence-electron chi connectivity index (χ2n) is 5.33. The van der Waals surface area contributed by atoms with Crippen molar-refractivity contribution in [3.05, 3.63) is 0 Å². The van der Waals surface area contributed by atoms with Gasteiger partial charge in [-0.2, -0.15) is 5.26 Å². The predicted octanol–water partition coefficient (Wildman–Crippen LogP) is 1.72. The quantitative estimate of drug-likeness (QED) is 0.644. The lowest BCUT2D eigenvalue weighted by atomic mass is 9.93. The van der Waals surface area contributed by atoms with Gasteiger partial charge in [-0.1, -0.05) is 0 Å². The molecule has 1 rings (SSSR count). The summed E-state index contributed by atoms with van der Waals surface area (Å²) in [6, 6.07) is 1.72. The summed E-state index contributed by atoms with van der Waals surface area (Å²) in [6.45, 7) is 7.27. The standard InChI is InChI=1S/C12H18N2O3/c1-8-5-10(15)9(6-13)7-14(8)11(16)17-12(2,3)4/h8-9H,5,7H2,1-4H3/t8-,9+/m0/s1. The summed E-state index contributed by atoms with van der Waals surface area (Å²) in [5.41, 5.74) is -0.569. The highest BCUT2D eigenvalue weighted by Crippen LogP contribution is 2.21. The molecule has 5 heteroatoms. The number of carbonyl (C=O) groups excluding carboxylic acids is 2. The third kappa shape index (κ3) is 3.45. The Morgan fingerprint density at radius 3 is 2.59 bits per heavy atom. The monoisotopic (exact) mass is 238 g/mol. The summed E-state index contributed by atoms with van der Waals surface area (Å²) in [5.74, 6) is -0.821. The fraction of sp³-hybridized carbons (Fsp3) is 0.750. The fourth-order valence-electron chi connectivity index (χ4n) is 1.71. The molecule has 0 aromatic carbocycles.